The van der Waals surface area contributed by atoms with E-state index in [4.69, 9.17) is 11.6 Å². The number of nitrogens with zero attached hydrogens (tertiary/aromatic N) is 3. The number of nitrogens with one attached hydrogen (secondary N) is 1. The average molecular weight is 395 g/mol. The van der Waals surface area contributed by atoms with E-state index in [1.54, 1.807) is 10.7 Å². The molecule has 0 aliphatic heterocycles. The monoisotopic (exact) mass is 394 g/mol. The summed E-state index contributed by atoms with van der Waals surface area (Å²) in [4.78, 5) is 17.7. The second kappa shape index (κ2) is 7.34. The van der Waals surface area contributed by atoms with Gasteiger partial charge in [-0.3, -0.25) is 4.79 Å². The van der Waals surface area contributed by atoms with Gasteiger partial charge in [-0.25, -0.2) is 9.67 Å². The van der Waals surface area contributed by atoms with E-state index in [1.165, 1.54) is 11.3 Å². The molecule has 0 aliphatic carbocycles. The van der Waals surface area contributed by atoms with Gasteiger partial charge in [-0.2, -0.15) is 5.10 Å². The summed E-state index contributed by atoms with van der Waals surface area (Å²) in [7, 11) is 0. The van der Waals surface area contributed by atoms with Gasteiger partial charge in [0.15, 0.2) is 5.82 Å². The number of para-hydroxylation sites is 1. The van der Waals surface area contributed by atoms with Crippen molar-refractivity contribution in [3.8, 4) is 16.3 Å². The predicted molar refractivity (Wildman–Crippen MR) is 109 cm³/mol. The number of carbonyl (C=O) groups excluding carboxylic acids is 1. The summed E-state index contributed by atoms with van der Waals surface area (Å²) in [6.07, 6.45) is 1.81. The third-order valence-corrected chi connectivity index (χ3v) is 5.37. The van der Waals surface area contributed by atoms with Crippen molar-refractivity contribution in [2.75, 3.05) is 5.32 Å². The first-order valence-corrected chi connectivity index (χ1v) is 9.45. The summed E-state index contributed by atoms with van der Waals surface area (Å²) in [6.45, 7) is 1.82. The first-order chi connectivity index (χ1) is 13.1. The molecule has 4 aromatic rings. The lowest BCUT2D eigenvalue weighted by atomic mass is 10.2. The molecule has 27 heavy (non-hydrogen) atoms. The van der Waals surface area contributed by atoms with Crippen LogP contribution in [0.5, 0.6) is 0 Å². The fraction of sp³-hybridized carbons (Fsp3) is 0.0500. The Kier molecular flexibility index (Phi) is 4.75. The van der Waals surface area contributed by atoms with Crippen LogP contribution in [0.3, 0.4) is 0 Å². The van der Waals surface area contributed by atoms with Crippen molar-refractivity contribution in [1.29, 1.82) is 0 Å². The van der Waals surface area contributed by atoms with Crippen LogP contribution in [0.25, 0.3) is 16.3 Å². The van der Waals surface area contributed by atoms with Crippen LogP contribution in [0.1, 0.15) is 15.4 Å². The SMILES string of the molecule is Cc1nc(-c2cccc(Cl)c2)sc1C(=O)Nc1ccn(-c2ccccc2)n1. The van der Waals surface area contributed by atoms with E-state index in [0.717, 1.165) is 16.3 Å². The van der Waals surface area contributed by atoms with E-state index in [2.05, 4.69) is 15.4 Å². The molecule has 0 aliphatic rings. The van der Waals surface area contributed by atoms with Gasteiger partial charge >= 0.3 is 0 Å². The van der Waals surface area contributed by atoms with Crippen molar-refractivity contribution >= 4 is 34.7 Å². The van der Waals surface area contributed by atoms with E-state index in [1.807, 2.05) is 67.7 Å². The van der Waals surface area contributed by atoms with Crippen LogP contribution < -0.4 is 5.32 Å². The number of aromatic nitrogens is 3. The van der Waals surface area contributed by atoms with Gasteiger partial charge in [-0.1, -0.05) is 41.9 Å². The highest BCUT2D eigenvalue weighted by Gasteiger charge is 2.17. The molecule has 134 valence electrons. The molecule has 0 fully saturated rings. The van der Waals surface area contributed by atoms with Gasteiger partial charge in [0.05, 0.1) is 11.4 Å². The first kappa shape index (κ1) is 17.5. The van der Waals surface area contributed by atoms with Crippen LogP contribution in [0.15, 0.2) is 66.9 Å². The first-order valence-electron chi connectivity index (χ1n) is 8.26. The molecule has 0 bridgehead atoms. The summed E-state index contributed by atoms with van der Waals surface area (Å²) in [5.74, 6) is 0.262. The molecule has 0 saturated carbocycles. The summed E-state index contributed by atoms with van der Waals surface area (Å²) in [5.41, 5.74) is 2.49. The Labute approximate surface area is 165 Å². The number of carbonyl (C=O) groups is 1. The molecule has 0 saturated heterocycles. The molecule has 1 amide bonds. The second-order valence-corrected chi connectivity index (χ2v) is 7.31. The lowest BCUT2D eigenvalue weighted by Gasteiger charge is -2.01. The summed E-state index contributed by atoms with van der Waals surface area (Å²) in [5, 5.41) is 8.64. The minimum Gasteiger partial charge on any atom is -0.304 e. The van der Waals surface area contributed by atoms with Crippen molar-refractivity contribution in [3.05, 3.63) is 82.5 Å². The molecule has 2 aromatic heterocycles. The zero-order valence-corrected chi connectivity index (χ0v) is 16.0. The summed E-state index contributed by atoms with van der Waals surface area (Å²) < 4.78 is 1.71. The summed E-state index contributed by atoms with van der Waals surface area (Å²) in [6, 6.07) is 18.9. The van der Waals surface area contributed by atoms with Gasteiger partial charge in [-0.15, -0.1) is 11.3 Å². The molecule has 5 nitrogen and oxygen atoms in total. The number of halogens is 1. The van der Waals surface area contributed by atoms with Crippen LogP contribution >= 0.6 is 22.9 Å². The van der Waals surface area contributed by atoms with Crippen molar-refractivity contribution < 1.29 is 4.79 Å². The molecule has 2 heterocycles. The lowest BCUT2D eigenvalue weighted by Crippen LogP contribution is -2.12. The van der Waals surface area contributed by atoms with E-state index in [9.17, 15) is 4.79 Å². The van der Waals surface area contributed by atoms with Gasteiger partial charge in [0.1, 0.15) is 9.88 Å². The molecule has 2 aromatic carbocycles. The van der Waals surface area contributed by atoms with E-state index in [-0.39, 0.29) is 5.91 Å². The largest absolute Gasteiger partial charge is 0.304 e. The maximum absolute atomic E-state index is 12.7. The number of aryl methyl sites for hydroxylation is 1. The molecular formula is C20H15ClN4OS. The van der Waals surface area contributed by atoms with Crippen molar-refractivity contribution in [2.45, 2.75) is 6.92 Å². The minimum atomic E-state index is -0.225. The average Bonchev–Trinajstić information content (AvgIpc) is 3.29. The smallest absolute Gasteiger partial charge is 0.268 e. The van der Waals surface area contributed by atoms with Crippen LogP contribution in [-0.4, -0.2) is 20.7 Å². The van der Waals surface area contributed by atoms with E-state index in [0.29, 0.717) is 21.4 Å². The molecule has 7 heteroatoms. The number of rotatable bonds is 4. The normalized spacial score (nSPS) is 10.7. The standard InChI is InChI=1S/C20H15ClN4OS/c1-13-18(27-20(22-13)14-6-5-7-15(21)12-14)19(26)23-17-10-11-25(24-17)16-8-3-2-4-9-16/h2-12H,1H3,(H,23,24,26). The zero-order valence-electron chi connectivity index (χ0n) is 14.4. The number of hydrogen-bond donors (Lipinski definition) is 1. The van der Waals surface area contributed by atoms with Crippen molar-refractivity contribution in [1.82, 2.24) is 14.8 Å². The fourth-order valence-electron chi connectivity index (χ4n) is 2.64. The Hall–Kier alpha value is -2.96. The number of anilines is 1. The van der Waals surface area contributed by atoms with E-state index >= 15 is 0 Å². The molecule has 0 atom stereocenters. The Balaban J connectivity index is 1.55. The number of benzene rings is 2. The molecule has 0 radical (unpaired) electrons. The maximum atomic E-state index is 12.7. The minimum absolute atomic E-state index is 0.225. The van der Waals surface area contributed by atoms with Gasteiger partial charge in [0.2, 0.25) is 0 Å². The maximum Gasteiger partial charge on any atom is 0.268 e. The Morgan fingerprint density at radius 1 is 1.11 bits per heavy atom. The van der Waals surface area contributed by atoms with Crippen molar-refractivity contribution in [2.24, 2.45) is 0 Å². The van der Waals surface area contributed by atoms with Crippen LogP contribution in [0.4, 0.5) is 5.82 Å². The fourth-order valence-corrected chi connectivity index (χ4v) is 3.79. The molecule has 4 rings (SSSR count). The van der Waals surface area contributed by atoms with E-state index < -0.39 is 0 Å². The highest BCUT2D eigenvalue weighted by Crippen LogP contribution is 2.30. The molecule has 0 unspecified atom stereocenters. The summed E-state index contributed by atoms with van der Waals surface area (Å²) >= 11 is 7.39. The number of amides is 1. The topological polar surface area (TPSA) is 59.8 Å². The zero-order chi connectivity index (χ0) is 18.8. The third-order valence-electron chi connectivity index (χ3n) is 3.93. The van der Waals surface area contributed by atoms with Crippen LogP contribution in [0.2, 0.25) is 5.02 Å². The van der Waals surface area contributed by atoms with Gasteiger partial charge in [0, 0.05) is 22.8 Å². The number of thiazole rings is 1. The molecule has 0 spiro atoms. The Morgan fingerprint density at radius 3 is 2.70 bits per heavy atom. The Morgan fingerprint density at radius 2 is 1.93 bits per heavy atom. The van der Waals surface area contributed by atoms with Gasteiger partial charge in [0.25, 0.3) is 5.91 Å². The van der Waals surface area contributed by atoms with Gasteiger partial charge in [-0.05, 0) is 31.2 Å². The highest BCUT2D eigenvalue weighted by molar-refractivity contribution is 7.17. The van der Waals surface area contributed by atoms with Gasteiger partial charge < -0.3 is 5.32 Å². The number of hydrogen-bond acceptors (Lipinski definition) is 4. The van der Waals surface area contributed by atoms with Crippen LogP contribution in [0, 0.1) is 6.92 Å². The van der Waals surface area contributed by atoms with Crippen LogP contribution in [-0.2, 0) is 0 Å². The lowest BCUT2D eigenvalue weighted by molar-refractivity contribution is 0.102. The van der Waals surface area contributed by atoms with Crippen molar-refractivity contribution in [3.63, 3.8) is 0 Å². The predicted octanol–water partition coefficient (Wildman–Crippen LogP) is 5.21. The molecule has 1 N–H and O–H groups in total. The third kappa shape index (κ3) is 3.77. The Bertz CT molecular complexity index is 1100. The molecular weight excluding hydrogens is 380 g/mol. The highest BCUT2D eigenvalue weighted by atomic mass is 35.5. The second-order valence-electron chi connectivity index (χ2n) is 5.88. The quantitative estimate of drug-likeness (QED) is 0.516.